The Morgan fingerprint density at radius 1 is 1.08 bits per heavy atom. The number of aliphatic hydroxyl groups excluding tert-OH is 1. The second-order valence-corrected chi connectivity index (χ2v) is 6.94. The van der Waals surface area contributed by atoms with Gasteiger partial charge in [-0.15, -0.1) is 0 Å². The molecule has 0 spiro atoms. The lowest BCUT2D eigenvalue weighted by Gasteiger charge is -2.14. The van der Waals surface area contributed by atoms with Gasteiger partial charge in [0.15, 0.2) is 6.61 Å². The number of nitrogens with one attached hydrogen (secondary N) is 2. The van der Waals surface area contributed by atoms with Gasteiger partial charge in [0.05, 0.1) is 25.6 Å². The standard InChI is InChI=1S/C21H23N3O5.C2HF3O2/c1-27-17-4-2-5-18(11-17)29-14-21(26)24-19-7-6-15(16-12-22-23-13-16)10-20(19)28-9-3-8-25;3-2(4,5)1(6)7/h2,4-7,10-13,25H,3,8-9,14H2,1H3,(H,22,23)(H,24,26);(H,6,7). The molecule has 3 aromatic rings. The van der Waals surface area contributed by atoms with E-state index in [1.165, 1.54) is 0 Å². The number of halogens is 3. The number of methoxy groups -OCH3 is 1. The number of rotatable bonds is 10. The van der Waals surface area contributed by atoms with Crippen LogP contribution < -0.4 is 19.5 Å². The van der Waals surface area contributed by atoms with Crippen molar-refractivity contribution in [1.82, 2.24) is 10.2 Å². The smallest absolute Gasteiger partial charge is 0.490 e. The number of alkyl halides is 3. The van der Waals surface area contributed by atoms with Gasteiger partial charge < -0.3 is 29.7 Å². The topological polar surface area (TPSA) is 143 Å². The molecule has 0 aliphatic rings. The number of ether oxygens (including phenoxy) is 3. The van der Waals surface area contributed by atoms with E-state index in [1.807, 2.05) is 12.1 Å². The van der Waals surface area contributed by atoms with Gasteiger partial charge in [-0.1, -0.05) is 12.1 Å². The van der Waals surface area contributed by atoms with Crippen LogP contribution in [0.15, 0.2) is 54.9 Å². The summed E-state index contributed by atoms with van der Waals surface area (Å²) in [6, 6.07) is 12.5. The fraction of sp³-hybridized carbons (Fsp3) is 0.261. The fourth-order valence-corrected chi connectivity index (χ4v) is 2.61. The summed E-state index contributed by atoms with van der Waals surface area (Å²) in [6.45, 7) is 0.193. The summed E-state index contributed by atoms with van der Waals surface area (Å²) in [5, 5.41) is 25.6. The number of anilines is 1. The second-order valence-electron chi connectivity index (χ2n) is 6.94. The first-order chi connectivity index (χ1) is 17.1. The Balaban J connectivity index is 0.000000572. The third-order valence-corrected chi connectivity index (χ3v) is 4.30. The molecule has 3 rings (SSSR count). The van der Waals surface area contributed by atoms with Crippen LogP contribution in [0.2, 0.25) is 0 Å². The first-order valence-corrected chi connectivity index (χ1v) is 10.4. The molecule has 0 aliphatic carbocycles. The minimum atomic E-state index is -5.08. The quantitative estimate of drug-likeness (QED) is 0.303. The predicted octanol–water partition coefficient (Wildman–Crippen LogP) is 3.50. The Bertz CT molecular complexity index is 1120. The van der Waals surface area contributed by atoms with E-state index < -0.39 is 12.1 Å². The number of carboxylic acids is 1. The van der Waals surface area contributed by atoms with Crippen LogP contribution in [0.4, 0.5) is 18.9 Å². The molecule has 0 fully saturated rings. The van der Waals surface area contributed by atoms with Gasteiger partial charge in [-0.3, -0.25) is 9.89 Å². The minimum absolute atomic E-state index is 0.0253. The van der Waals surface area contributed by atoms with E-state index in [4.69, 9.17) is 29.2 Å². The van der Waals surface area contributed by atoms with E-state index in [1.54, 1.807) is 49.8 Å². The van der Waals surface area contributed by atoms with Crippen LogP contribution >= 0.6 is 0 Å². The number of hydrogen-bond acceptors (Lipinski definition) is 7. The van der Waals surface area contributed by atoms with Crippen molar-refractivity contribution in [2.45, 2.75) is 12.6 Å². The Labute approximate surface area is 203 Å². The summed E-state index contributed by atoms with van der Waals surface area (Å²) in [5.74, 6) is -1.39. The van der Waals surface area contributed by atoms with Gasteiger partial charge in [-0.05, 0) is 29.8 Å². The summed E-state index contributed by atoms with van der Waals surface area (Å²) in [4.78, 5) is 21.3. The number of carbonyl (C=O) groups excluding carboxylic acids is 1. The number of nitrogens with zero attached hydrogens (tertiary/aromatic N) is 1. The maximum Gasteiger partial charge on any atom is 0.490 e. The molecule has 0 saturated carbocycles. The molecule has 0 saturated heterocycles. The molecule has 0 radical (unpaired) electrons. The highest BCUT2D eigenvalue weighted by Crippen LogP contribution is 2.31. The summed E-state index contributed by atoms with van der Waals surface area (Å²) >= 11 is 0. The van der Waals surface area contributed by atoms with Crippen molar-refractivity contribution < 1.29 is 47.2 Å². The Hall–Kier alpha value is -4.26. The number of amides is 1. The lowest BCUT2D eigenvalue weighted by molar-refractivity contribution is -0.192. The van der Waals surface area contributed by atoms with Crippen LogP contribution in [0.5, 0.6) is 17.2 Å². The van der Waals surface area contributed by atoms with Gasteiger partial charge >= 0.3 is 12.1 Å². The molecule has 194 valence electrons. The number of carboxylic acid groups (broad SMARTS) is 1. The number of benzene rings is 2. The molecule has 36 heavy (non-hydrogen) atoms. The van der Waals surface area contributed by atoms with Crippen molar-refractivity contribution >= 4 is 17.6 Å². The van der Waals surface area contributed by atoms with Crippen molar-refractivity contribution in [3.8, 4) is 28.4 Å². The maximum absolute atomic E-state index is 12.4. The van der Waals surface area contributed by atoms with E-state index in [2.05, 4.69) is 15.5 Å². The molecule has 13 heteroatoms. The SMILES string of the molecule is COc1cccc(OCC(=O)Nc2ccc(-c3cn[nH]c3)cc2OCCCO)c1.O=C(O)C(F)(F)F. The Kier molecular flexibility index (Phi) is 10.6. The highest BCUT2D eigenvalue weighted by molar-refractivity contribution is 5.93. The van der Waals surface area contributed by atoms with Gasteiger partial charge in [0.1, 0.15) is 17.2 Å². The first-order valence-electron chi connectivity index (χ1n) is 10.4. The lowest BCUT2D eigenvalue weighted by Crippen LogP contribution is -2.21. The number of aromatic nitrogens is 2. The third kappa shape index (κ3) is 9.18. The number of H-pyrrole nitrogens is 1. The van der Waals surface area contributed by atoms with Crippen LogP contribution in [0.3, 0.4) is 0 Å². The van der Waals surface area contributed by atoms with Crippen molar-refractivity contribution in [1.29, 1.82) is 0 Å². The van der Waals surface area contributed by atoms with E-state index in [0.29, 0.717) is 36.0 Å². The zero-order valence-corrected chi connectivity index (χ0v) is 19.0. The number of carbonyl (C=O) groups is 2. The third-order valence-electron chi connectivity index (χ3n) is 4.30. The van der Waals surface area contributed by atoms with Crippen LogP contribution in [0.1, 0.15) is 6.42 Å². The van der Waals surface area contributed by atoms with Gasteiger partial charge in [0, 0.05) is 30.9 Å². The monoisotopic (exact) mass is 511 g/mol. The van der Waals surface area contributed by atoms with Crippen LogP contribution in [0, 0.1) is 0 Å². The Morgan fingerprint density at radius 3 is 2.42 bits per heavy atom. The van der Waals surface area contributed by atoms with Crippen LogP contribution in [-0.2, 0) is 9.59 Å². The van der Waals surface area contributed by atoms with Gasteiger partial charge in [-0.2, -0.15) is 18.3 Å². The Morgan fingerprint density at radius 2 is 1.81 bits per heavy atom. The molecule has 10 nitrogen and oxygen atoms in total. The number of hydrogen-bond donors (Lipinski definition) is 4. The maximum atomic E-state index is 12.4. The van der Waals surface area contributed by atoms with E-state index in [-0.39, 0.29) is 19.1 Å². The lowest BCUT2D eigenvalue weighted by atomic mass is 10.1. The fourth-order valence-electron chi connectivity index (χ4n) is 2.61. The average Bonchev–Trinajstić information content (AvgIpc) is 3.39. The van der Waals surface area contributed by atoms with Gasteiger partial charge in [-0.25, -0.2) is 4.79 Å². The molecular weight excluding hydrogens is 487 g/mol. The highest BCUT2D eigenvalue weighted by Gasteiger charge is 2.38. The number of aliphatic carboxylic acids is 1. The van der Waals surface area contributed by atoms with Crippen LogP contribution in [0.25, 0.3) is 11.1 Å². The molecule has 0 atom stereocenters. The zero-order chi connectivity index (χ0) is 26.6. The number of aromatic amines is 1. The summed E-state index contributed by atoms with van der Waals surface area (Å²) in [5.41, 5.74) is 2.31. The molecule has 2 aromatic carbocycles. The normalized spacial score (nSPS) is 10.6. The van der Waals surface area contributed by atoms with Crippen molar-refractivity contribution in [2.75, 3.05) is 32.2 Å². The molecular formula is C23H24F3N3O7. The van der Waals surface area contributed by atoms with E-state index >= 15 is 0 Å². The largest absolute Gasteiger partial charge is 0.497 e. The summed E-state index contributed by atoms with van der Waals surface area (Å²) in [6.07, 6.45) is -1.12. The molecule has 0 bridgehead atoms. The van der Waals surface area contributed by atoms with Crippen LogP contribution in [-0.4, -0.2) is 65.4 Å². The molecule has 1 heterocycles. The predicted molar refractivity (Wildman–Crippen MR) is 122 cm³/mol. The second kappa shape index (κ2) is 13.6. The summed E-state index contributed by atoms with van der Waals surface area (Å²) < 4.78 is 48.1. The molecule has 0 aliphatic heterocycles. The van der Waals surface area contributed by atoms with Gasteiger partial charge in [0.2, 0.25) is 0 Å². The molecule has 1 aromatic heterocycles. The molecule has 4 N–H and O–H groups in total. The summed E-state index contributed by atoms with van der Waals surface area (Å²) in [7, 11) is 1.57. The van der Waals surface area contributed by atoms with Crippen molar-refractivity contribution in [3.05, 3.63) is 54.9 Å². The molecule has 1 amide bonds. The van der Waals surface area contributed by atoms with Crippen molar-refractivity contribution in [2.24, 2.45) is 0 Å². The first kappa shape index (κ1) is 28.0. The van der Waals surface area contributed by atoms with E-state index in [0.717, 1.165) is 11.1 Å². The van der Waals surface area contributed by atoms with E-state index in [9.17, 15) is 18.0 Å². The highest BCUT2D eigenvalue weighted by atomic mass is 19.4. The van der Waals surface area contributed by atoms with Crippen molar-refractivity contribution in [3.63, 3.8) is 0 Å². The average molecular weight is 511 g/mol. The number of aliphatic hydroxyl groups is 1. The molecule has 0 unspecified atom stereocenters. The minimum Gasteiger partial charge on any atom is -0.497 e. The van der Waals surface area contributed by atoms with Gasteiger partial charge in [0.25, 0.3) is 5.91 Å². The zero-order valence-electron chi connectivity index (χ0n) is 19.0.